The van der Waals surface area contributed by atoms with Gasteiger partial charge in [0.2, 0.25) is 0 Å². The van der Waals surface area contributed by atoms with Crippen molar-refractivity contribution in [1.82, 2.24) is 0 Å². The van der Waals surface area contributed by atoms with E-state index in [4.69, 9.17) is 0 Å². The average Bonchev–Trinajstić information content (AvgIpc) is 2.49. The van der Waals surface area contributed by atoms with E-state index >= 15 is 0 Å². The molecule has 3 rings (SSSR count). The van der Waals surface area contributed by atoms with Gasteiger partial charge in [0.15, 0.2) is 0 Å². The van der Waals surface area contributed by atoms with Crippen molar-refractivity contribution in [2.75, 3.05) is 0 Å². The Morgan fingerprint density at radius 2 is 2.06 bits per heavy atom. The Labute approximate surface area is 131 Å². The normalized spacial score (nSPS) is 38.8. The van der Waals surface area contributed by atoms with Crippen molar-refractivity contribution in [3.8, 4) is 0 Å². The quantitative estimate of drug-likeness (QED) is 0.418. The van der Waals surface area contributed by atoms with Gasteiger partial charge in [0.25, 0.3) is 0 Å². The summed E-state index contributed by atoms with van der Waals surface area (Å²) in [5.74, 6) is 2.50. The van der Waals surface area contributed by atoms with Gasteiger partial charge < -0.3 is 0 Å². The molecule has 3 aliphatic rings. The molecule has 3 aliphatic carbocycles. The highest BCUT2D eigenvalue weighted by Gasteiger charge is 2.51. The summed E-state index contributed by atoms with van der Waals surface area (Å²) in [6, 6.07) is 0. The Morgan fingerprint density at radius 1 is 1.29 bits per heavy atom. The number of hydrogen-bond donors (Lipinski definition) is 0. The summed E-state index contributed by atoms with van der Waals surface area (Å²) in [4.78, 5) is 0. The highest BCUT2D eigenvalue weighted by molar-refractivity contribution is 14.1. The van der Waals surface area contributed by atoms with Crippen LogP contribution in [0.25, 0.3) is 0 Å². The van der Waals surface area contributed by atoms with Crippen LogP contribution >= 0.6 is 45.2 Å². The topological polar surface area (TPSA) is 0 Å². The van der Waals surface area contributed by atoms with Gasteiger partial charge in [0.1, 0.15) is 0 Å². The van der Waals surface area contributed by atoms with Gasteiger partial charge in [-0.3, -0.25) is 0 Å². The summed E-state index contributed by atoms with van der Waals surface area (Å²) < 4.78 is 3.03. The van der Waals surface area contributed by atoms with Crippen LogP contribution in [0, 0.1) is 23.2 Å². The molecule has 0 nitrogen and oxygen atoms in total. The molecule has 2 heteroatoms. The molecule has 0 bridgehead atoms. The van der Waals surface area contributed by atoms with Crippen molar-refractivity contribution in [2.24, 2.45) is 23.2 Å². The van der Waals surface area contributed by atoms with Crippen LogP contribution in [-0.2, 0) is 0 Å². The highest BCUT2D eigenvalue weighted by Crippen LogP contribution is 2.60. The van der Waals surface area contributed by atoms with Crippen LogP contribution < -0.4 is 0 Å². The molecule has 1 saturated carbocycles. The Hall–Kier alpha value is 0.680. The maximum absolute atomic E-state index is 2.57. The fraction of sp³-hybridized carbons (Fsp3) is 0.600. The van der Waals surface area contributed by atoms with Crippen LogP contribution in [0.15, 0.2) is 31.0 Å². The molecule has 0 aromatic carbocycles. The van der Waals surface area contributed by atoms with Crippen molar-refractivity contribution in [2.45, 2.75) is 33.1 Å². The summed E-state index contributed by atoms with van der Waals surface area (Å²) in [7, 11) is 0. The number of allylic oxidation sites excluding steroid dienone is 6. The lowest BCUT2D eigenvalue weighted by Gasteiger charge is -2.32. The molecule has 3 unspecified atom stereocenters. The zero-order valence-corrected chi connectivity index (χ0v) is 14.7. The van der Waals surface area contributed by atoms with E-state index in [0.717, 1.165) is 17.8 Å². The van der Waals surface area contributed by atoms with Crippen molar-refractivity contribution in [3.63, 3.8) is 0 Å². The van der Waals surface area contributed by atoms with Crippen LogP contribution in [0.2, 0.25) is 0 Å². The lowest BCUT2D eigenvalue weighted by molar-refractivity contribution is 0.259. The molecular weight excluding hydrogens is 434 g/mol. The molecule has 0 saturated heterocycles. The minimum Gasteiger partial charge on any atom is -0.0710 e. The third-order valence-corrected chi connectivity index (χ3v) is 6.54. The monoisotopic (exact) mass is 452 g/mol. The highest BCUT2D eigenvalue weighted by atomic mass is 127. The van der Waals surface area contributed by atoms with Crippen LogP contribution in [-0.4, -0.2) is 0 Å². The molecule has 0 radical (unpaired) electrons. The molecule has 0 aliphatic heterocycles. The minimum absolute atomic E-state index is 0.372. The predicted molar refractivity (Wildman–Crippen MR) is 90.4 cm³/mol. The predicted octanol–water partition coefficient (Wildman–Crippen LogP) is 5.64. The molecular formula is C15H18I2. The van der Waals surface area contributed by atoms with Crippen LogP contribution in [0.3, 0.4) is 0 Å². The van der Waals surface area contributed by atoms with Gasteiger partial charge in [0.05, 0.1) is 0 Å². The van der Waals surface area contributed by atoms with E-state index in [1.165, 1.54) is 22.8 Å². The van der Waals surface area contributed by atoms with E-state index in [1.807, 2.05) is 0 Å². The summed E-state index contributed by atoms with van der Waals surface area (Å²) in [5.41, 5.74) is 2.10. The van der Waals surface area contributed by atoms with E-state index in [1.54, 1.807) is 9.15 Å². The third-order valence-electron chi connectivity index (χ3n) is 4.89. The smallest absolute Gasteiger partial charge is 0.00900 e. The van der Waals surface area contributed by atoms with Gasteiger partial charge >= 0.3 is 0 Å². The van der Waals surface area contributed by atoms with E-state index in [-0.39, 0.29) is 0 Å². The largest absolute Gasteiger partial charge is 0.0710 e. The lowest BCUT2D eigenvalue weighted by atomic mass is 9.74. The molecule has 0 amide bonds. The minimum atomic E-state index is 0.372. The summed E-state index contributed by atoms with van der Waals surface area (Å²) in [5, 5.41) is 0. The zero-order valence-electron chi connectivity index (χ0n) is 10.3. The van der Waals surface area contributed by atoms with Crippen LogP contribution in [0.5, 0.6) is 0 Å². The molecule has 3 atom stereocenters. The second-order valence-corrected chi connectivity index (χ2v) is 8.73. The first kappa shape index (κ1) is 12.7. The van der Waals surface area contributed by atoms with E-state index < -0.39 is 0 Å². The van der Waals surface area contributed by atoms with E-state index in [2.05, 4.69) is 77.3 Å². The molecule has 1 fully saturated rings. The Balaban J connectivity index is 2.06. The van der Waals surface area contributed by atoms with Crippen molar-refractivity contribution >= 4 is 45.2 Å². The van der Waals surface area contributed by atoms with Crippen LogP contribution in [0.1, 0.15) is 33.1 Å². The maximum Gasteiger partial charge on any atom is 0.00900 e. The SMILES string of the molecule is CC1(C)C2=CC(I)=CCC2C2CCC(I)=CC21. The van der Waals surface area contributed by atoms with Crippen molar-refractivity contribution in [3.05, 3.63) is 31.0 Å². The molecule has 92 valence electrons. The fourth-order valence-corrected chi connectivity index (χ4v) is 5.31. The van der Waals surface area contributed by atoms with Gasteiger partial charge in [-0.05, 0) is 97.3 Å². The first-order chi connectivity index (χ1) is 8.00. The fourth-order valence-electron chi connectivity index (χ4n) is 4.02. The third kappa shape index (κ3) is 1.97. The number of fused-ring (bicyclic) bond motifs is 3. The van der Waals surface area contributed by atoms with E-state index in [0.29, 0.717) is 5.41 Å². The Morgan fingerprint density at radius 3 is 2.82 bits per heavy atom. The second-order valence-electron chi connectivity index (χ2n) is 6.09. The second kappa shape index (κ2) is 4.36. The maximum atomic E-state index is 2.57. The summed E-state index contributed by atoms with van der Waals surface area (Å²) >= 11 is 5.01. The summed E-state index contributed by atoms with van der Waals surface area (Å²) in [6.07, 6.45) is 11.4. The number of halogens is 2. The molecule has 17 heavy (non-hydrogen) atoms. The number of rotatable bonds is 0. The van der Waals surface area contributed by atoms with E-state index in [9.17, 15) is 0 Å². The molecule has 0 N–H and O–H groups in total. The lowest BCUT2D eigenvalue weighted by Crippen LogP contribution is -2.23. The summed E-state index contributed by atoms with van der Waals surface area (Å²) in [6.45, 7) is 4.91. The number of hydrogen-bond acceptors (Lipinski definition) is 0. The van der Waals surface area contributed by atoms with Crippen molar-refractivity contribution < 1.29 is 0 Å². The molecule has 0 heterocycles. The average molecular weight is 452 g/mol. The standard InChI is InChI=1S/C15H18I2/c1-15(2)13-7-9(16)3-5-11(13)12-6-4-10(17)8-14(12)15/h3,7-8,11-12,14H,4-6H2,1-2H3. The Kier molecular flexibility index (Phi) is 3.26. The van der Waals surface area contributed by atoms with Gasteiger partial charge in [-0.2, -0.15) is 0 Å². The van der Waals surface area contributed by atoms with Gasteiger partial charge in [0, 0.05) is 3.58 Å². The van der Waals surface area contributed by atoms with Gasteiger partial charge in [-0.15, -0.1) is 0 Å². The molecule has 0 spiro atoms. The molecule has 0 aromatic rings. The Bertz CT molecular complexity index is 440. The van der Waals surface area contributed by atoms with Gasteiger partial charge in [-0.1, -0.05) is 31.6 Å². The first-order valence-corrected chi connectivity index (χ1v) is 8.60. The van der Waals surface area contributed by atoms with Crippen LogP contribution in [0.4, 0.5) is 0 Å². The zero-order chi connectivity index (χ0) is 12.2. The van der Waals surface area contributed by atoms with Gasteiger partial charge in [-0.25, -0.2) is 0 Å². The van der Waals surface area contributed by atoms with Crippen molar-refractivity contribution in [1.29, 1.82) is 0 Å². The first-order valence-electron chi connectivity index (χ1n) is 6.44. The molecule has 0 aromatic heterocycles.